The van der Waals surface area contributed by atoms with Crippen LogP contribution in [0.1, 0.15) is 86.0 Å². The molecule has 0 radical (unpaired) electrons. The number of rotatable bonds is 10. The molecule has 0 aliphatic carbocycles. The average molecular weight is 226 g/mol. The van der Waals surface area contributed by atoms with Gasteiger partial charge in [0.25, 0.3) is 0 Å². The van der Waals surface area contributed by atoms with Crippen LogP contribution in [0.3, 0.4) is 0 Å². The van der Waals surface area contributed by atoms with Crippen molar-refractivity contribution in [3.8, 4) is 0 Å². The van der Waals surface area contributed by atoms with Crippen LogP contribution in [0, 0.1) is 17.8 Å². The Hall–Kier alpha value is 0. The summed E-state index contributed by atoms with van der Waals surface area (Å²) in [6, 6.07) is 0. The smallest absolute Gasteiger partial charge is 0.0383 e. The van der Waals surface area contributed by atoms with Crippen molar-refractivity contribution in [3.05, 3.63) is 0 Å². The van der Waals surface area contributed by atoms with Gasteiger partial charge in [-0.15, -0.1) is 0 Å². The Balaban J connectivity index is 4.26. The molecule has 0 bridgehead atoms. The summed E-state index contributed by atoms with van der Waals surface area (Å²) in [5.74, 6) is 2.88. The zero-order valence-electron chi connectivity index (χ0n) is 12.4. The van der Waals surface area contributed by atoms with Gasteiger partial charge in [0.2, 0.25) is 0 Å². The maximum Gasteiger partial charge on any atom is -0.0383 e. The maximum atomic E-state index is 2.38. The average Bonchev–Trinajstić information content (AvgIpc) is 2.23. The van der Waals surface area contributed by atoms with Crippen LogP contribution in [0.25, 0.3) is 0 Å². The molecule has 16 heavy (non-hydrogen) atoms. The van der Waals surface area contributed by atoms with Crippen molar-refractivity contribution in [1.82, 2.24) is 0 Å². The maximum absolute atomic E-state index is 2.38. The van der Waals surface area contributed by atoms with E-state index < -0.39 is 0 Å². The Labute approximate surface area is 104 Å². The van der Waals surface area contributed by atoms with E-state index in [4.69, 9.17) is 0 Å². The summed E-state index contributed by atoms with van der Waals surface area (Å²) in [5.41, 5.74) is 0. The fourth-order valence-corrected chi connectivity index (χ4v) is 2.98. The van der Waals surface area contributed by atoms with Crippen LogP contribution in [-0.2, 0) is 0 Å². The zero-order valence-corrected chi connectivity index (χ0v) is 12.4. The van der Waals surface area contributed by atoms with E-state index in [0.29, 0.717) is 0 Å². The second-order valence-electron chi connectivity index (χ2n) is 5.87. The topological polar surface area (TPSA) is 0 Å². The van der Waals surface area contributed by atoms with Crippen molar-refractivity contribution in [2.24, 2.45) is 17.8 Å². The van der Waals surface area contributed by atoms with Crippen LogP contribution in [0.5, 0.6) is 0 Å². The molecule has 0 amide bonds. The zero-order chi connectivity index (χ0) is 12.4. The fraction of sp³-hybridized carbons (Fsp3) is 1.00. The molecule has 0 rings (SSSR count). The van der Waals surface area contributed by atoms with Gasteiger partial charge in [-0.2, -0.15) is 0 Å². The van der Waals surface area contributed by atoms with E-state index >= 15 is 0 Å². The Morgan fingerprint density at radius 2 is 1.25 bits per heavy atom. The van der Waals surface area contributed by atoms with Gasteiger partial charge in [-0.3, -0.25) is 0 Å². The standard InChI is InChI=1S/C16H34/c1-6-9-12-16(13-14(4)5)15(10-7-2)11-8-3/h14-16H,6-13H2,1-5H3. The molecular weight excluding hydrogens is 192 g/mol. The van der Waals surface area contributed by atoms with Gasteiger partial charge in [0, 0.05) is 0 Å². The van der Waals surface area contributed by atoms with Gasteiger partial charge in [0.05, 0.1) is 0 Å². The van der Waals surface area contributed by atoms with Crippen LogP contribution >= 0.6 is 0 Å². The summed E-state index contributed by atoms with van der Waals surface area (Å²) in [6.45, 7) is 11.8. The van der Waals surface area contributed by atoms with Crippen molar-refractivity contribution in [2.45, 2.75) is 86.0 Å². The van der Waals surface area contributed by atoms with E-state index in [0.717, 1.165) is 17.8 Å². The number of hydrogen-bond acceptors (Lipinski definition) is 0. The molecule has 0 aliphatic heterocycles. The first-order valence-electron chi connectivity index (χ1n) is 7.65. The van der Waals surface area contributed by atoms with Crippen LogP contribution in [0.2, 0.25) is 0 Å². The Morgan fingerprint density at radius 3 is 1.62 bits per heavy atom. The molecule has 98 valence electrons. The molecule has 0 aromatic rings. The van der Waals surface area contributed by atoms with Crippen molar-refractivity contribution in [1.29, 1.82) is 0 Å². The Morgan fingerprint density at radius 1 is 0.688 bits per heavy atom. The van der Waals surface area contributed by atoms with Crippen LogP contribution in [0.15, 0.2) is 0 Å². The van der Waals surface area contributed by atoms with Gasteiger partial charge >= 0.3 is 0 Å². The van der Waals surface area contributed by atoms with Crippen LogP contribution in [0.4, 0.5) is 0 Å². The number of unbranched alkanes of at least 4 members (excludes halogenated alkanes) is 1. The molecule has 0 saturated carbocycles. The highest BCUT2D eigenvalue weighted by Gasteiger charge is 2.20. The first-order chi connectivity index (χ1) is 7.65. The molecule has 0 aromatic carbocycles. The molecule has 0 nitrogen and oxygen atoms in total. The van der Waals surface area contributed by atoms with Crippen molar-refractivity contribution < 1.29 is 0 Å². The molecule has 0 aromatic heterocycles. The van der Waals surface area contributed by atoms with Crippen molar-refractivity contribution in [3.63, 3.8) is 0 Å². The minimum atomic E-state index is 0.873. The Bertz CT molecular complexity index is 131. The SMILES string of the molecule is CCCCC(CC(C)C)C(CCC)CCC. The third-order valence-electron chi connectivity index (χ3n) is 3.69. The first kappa shape index (κ1) is 16.0. The third-order valence-corrected chi connectivity index (χ3v) is 3.69. The molecule has 1 atom stereocenters. The van der Waals surface area contributed by atoms with Gasteiger partial charge in [-0.05, 0) is 24.2 Å². The van der Waals surface area contributed by atoms with Crippen molar-refractivity contribution in [2.75, 3.05) is 0 Å². The van der Waals surface area contributed by atoms with E-state index in [1.807, 2.05) is 0 Å². The third kappa shape index (κ3) is 7.30. The van der Waals surface area contributed by atoms with Crippen LogP contribution in [-0.4, -0.2) is 0 Å². The molecule has 0 spiro atoms. The molecule has 0 saturated heterocycles. The summed E-state index contributed by atoms with van der Waals surface area (Å²) < 4.78 is 0. The van der Waals surface area contributed by atoms with E-state index in [-0.39, 0.29) is 0 Å². The lowest BCUT2D eigenvalue weighted by Crippen LogP contribution is -2.17. The largest absolute Gasteiger partial charge is 0.0654 e. The second kappa shape index (κ2) is 10.2. The van der Waals surface area contributed by atoms with E-state index in [2.05, 4.69) is 34.6 Å². The van der Waals surface area contributed by atoms with E-state index in [1.54, 1.807) is 0 Å². The van der Waals surface area contributed by atoms with E-state index in [9.17, 15) is 0 Å². The predicted molar refractivity (Wildman–Crippen MR) is 75.8 cm³/mol. The van der Waals surface area contributed by atoms with Gasteiger partial charge in [-0.25, -0.2) is 0 Å². The Kier molecular flexibility index (Phi) is 10.2. The summed E-state index contributed by atoms with van der Waals surface area (Å²) in [5, 5.41) is 0. The van der Waals surface area contributed by atoms with Gasteiger partial charge in [0.1, 0.15) is 0 Å². The molecule has 0 aliphatic rings. The monoisotopic (exact) mass is 226 g/mol. The predicted octanol–water partition coefficient (Wildman–Crippen LogP) is 6.06. The summed E-state index contributed by atoms with van der Waals surface area (Å²) in [4.78, 5) is 0. The lowest BCUT2D eigenvalue weighted by Gasteiger charge is -2.28. The molecular formula is C16H34. The second-order valence-corrected chi connectivity index (χ2v) is 5.87. The van der Waals surface area contributed by atoms with E-state index in [1.165, 1.54) is 51.4 Å². The highest BCUT2D eigenvalue weighted by atomic mass is 14.3. The highest BCUT2D eigenvalue weighted by molar-refractivity contribution is 4.71. The highest BCUT2D eigenvalue weighted by Crippen LogP contribution is 2.32. The molecule has 0 heteroatoms. The molecule has 1 unspecified atom stereocenters. The minimum Gasteiger partial charge on any atom is -0.0654 e. The molecule has 0 fully saturated rings. The van der Waals surface area contributed by atoms with Crippen LogP contribution < -0.4 is 0 Å². The summed E-state index contributed by atoms with van der Waals surface area (Å²) >= 11 is 0. The number of hydrogen-bond donors (Lipinski definition) is 0. The lowest BCUT2D eigenvalue weighted by molar-refractivity contribution is 0.230. The molecule has 0 N–H and O–H groups in total. The van der Waals surface area contributed by atoms with Gasteiger partial charge in [-0.1, -0.05) is 79.6 Å². The summed E-state index contributed by atoms with van der Waals surface area (Å²) in [6.07, 6.45) is 11.4. The minimum absolute atomic E-state index is 0.873. The normalized spacial score (nSPS) is 13.7. The molecule has 0 heterocycles. The van der Waals surface area contributed by atoms with Gasteiger partial charge < -0.3 is 0 Å². The fourth-order valence-electron chi connectivity index (χ4n) is 2.98. The van der Waals surface area contributed by atoms with Gasteiger partial charge in [0.15, 0.2) is 0 Å². The quantitative estimate of drug-likeness (QED) is 0.425. The van der Waals surface area contributed by atoms with Crippen molar-refractivity contribution >= 4 is 0 Å². The summed E-state index contributed by atoms with van der Waals surface area (Å²) in [7, 11) is 0. The first-order valence-corrected chi connectivity index (χ1v) is 7.65. The lowest BCUT2D eigenvalue weighted by atomic mass is 9.78.